The topological polar surface area (TPSA) is 59.6 Å². The van der Waals surface area contributed by atoms with Crippen LogP contribution in [0.25, 0.3) is 0 Å². The van der Waals surface area contributed by atoms with Gasteiger partial charge in [0.05, 0.1) is 14.2 Å². The second-order valence-electron chi connectivity index (χ2n) is 5.14. The Bertz CT molecular complexity index is 495. The van der Waals surface area contributed by atoms with Gasteiger partial charge in [-0.2, -0.15) is 0 Å². The van der Waals surface area contributed by atoms with Crippen molar-refractivity contribution in [2.75, 3.05) is 20.8 Å². The van der Waals surface area contributed by atoms with Crippen LogP contribution in [0.3, 0.4) is 0 Å². The second-order valence-corrected chi connectivity index (χ2v) is 5.99. The van der Waals surface area contributed by atoms with E-state index < -0.39 is 0 Å². The first kappa shape index (κ1) is 18.6. The van der Waals surface area contributed by atoms with Crippen LogP contribution >= 0.6 is 15.9 Å². The Labute approximate surface area is 140 Å². The van der Waals surface area contributed by atoms with Crippen molar-refractivity contribution in [2.45, 2.75) is 39.2 Å². The van der Waals surface area contributed by atoms with Crippen molar-refractivity contribution in [3.63, 3.8) is 0 Å². The summed E-state index contributed by atoms with van der Waals surface area (Å²) in [5, 5.41) is 5.79. The fraction of sp³-hybridized carbons (Fsp3) is 0.562. The van der Waals surface area contributed by atoms with Gasteiger partial charge < -0.3 is 20.1 Å². The molecule has 1 unspecified atom stereocenters. The Kier molecular flexibility index (Phi) is 8.09. The summed E-state index contributed by atoms with van der Waals surface area (Å²) in [6, 6.07) is 3.86. The van der Waals surface area contributed by atoms with Crippen molar-refractivity contribution in [2.24, 2.45) is 0 Å². The highest BCUT2D eigenvalue weighted by molar-refractivity contribution is 9.10. The van der Waals surface area contributed by atoms with Gasteiger partial charge >= 0.3 is 6.03 Å². The molecule has 0 aliphatic rings. The normalized spacial score (nSPS) is 11.7. The van der Waals surface area contributed by atoms with Crippen molar-refractivity contribution in [3.8, 4) is 11.5 Å². The van der Waals surface area contributed by atoms with Gasteiger partial charge in [-0.1, -0.05) is 29.3 Å². The summed E-state index contributed by atoms with van der Waals surface area (Å²) in [5.74, 6) is 1.36. The Morgan fingerprint density at radius 2 is 1.91 bits per heavy atom. The molecule has 1 aromatic carbocycles. The molecule has 0 aliphatic heterocycles. The smallest absolute Gasteiger partial charge is 0.315 e. The second kappa shape index (κ2) is 9.56. The molecule has 1 rings (SSSR count). The number of hydrogen-bond acceptors (Lipinski definition) is 3. The summed E-state index contributed by atoms with van der Waals surface area (Å²) in [6.45, 7) is 4.66. The molecular weight excluding hydrogens is 348 g/mol. The lowest BCUT2D eigenvalue weighted by Gasteiger charge is -2.15. The van der Waals surface area contributed by atoms with Gasteiger partial charge in [0.15, 0.2) is 11.5 Å². The van der Waals surface area contributed by atoms with Crippen molar-refractivity contribution < 1.29 is 14.3 Å². The Morgan fingerprint density at radius 1 is 1.27 bits per heavy atom. The molecular formula is C16H25BrN2O3. The highest BCUT2D eigenvalue weighted by Gasteiger charge is 2.10. The number of nitrogens with one attached hydrogen (secondary N) is 2. The van der Waals surface area contributed by atoms with Gasteiger partial charge in [0.25, 0.3) is 0 Å². The SMILES string of the molecule is CCCC(C)NC(=O)NCCc1cc(OC)c(OC)cc1Br. The van der Waals surface area contributed by atoms with Gasteiger partial charge in [-0.05, 0) is 37.5 Å². The summed E-state index contributed by atoms with van der Waals surface area (Å²) in [5.41, 5.74) is 1.06. The zero-order chi connectivity index (χ0) is 16.5. The molecule has 2 amide bonds. The maximum Gasteiger partial charge on any atom is 0.315 e. The van der Waals surface area contributed by atoms with Crippen LogP contribution < -0.4 is 20.1 Å². The molecule has 0 radical (unpaired) electrons. The van der Waals surface area contributed by atoms with Crippen molar-refractivity contribution in [1.82, 2.24) is 10.6 Å². The van der Waals surface area contributed by atoms with E-state index in [-0.39, 0.29) is 12.1 Å². The van der Waals surface area contributed by atoms with Crippen molar-refractivity contribution in [3.05, 3.63) is 22.2 Å². The minimum atomic E-state index is -0.127. The van der Waals surface area contributed by atoms with Crippen molar-refractivity contribution in [1.29, 1.82) is 0 Å². The lowest BCUT2D eigenvalue weighted by atomic mass is 10.1. The molecule has 0 saturated heterocycles. The first-order chi connectivity index (χ1) is 10.5. The highest BCUT2D eigenvalue weighted by atomic mass is 79.9. The fourth-order valence-electron chi connectivity index (χ4n) is 2.18. The minimum Gasteiger partial charge on any atom is -0.493 e. The van der Waals surface area contributed by atoms with Crippen LogP contribution in [0.2, 0.25) is 0 Å². The number of hydrogen-bond donors (Lipinski definition) is 2. The maximum absolute atomic E-state index is 11.7. The molecule has 6 heteroatoms. The Morgan fingerprint density at radius 3 is 2.50 bits per heavy atom. The van der Waals surface area contributed by atoms with E-state index in [1.54, 1.807) is 14.2 Å². The van der Waals surface area contributed by atoms with Crippen LogP contribution in [0.5, 0.6) is 11.5 Å². The monoisotopic (exact) mass is 372 g/mol. The molecule has 1 atom stereocenters. The molecule has 0 saturated carbocycles. The van der Waals surface area contributed by atoms with E-state index in [1.807, 2.05) is 19.1 Å². The van der Waals surface area contributed by atoms with E-state index >= 15 is 0 Å². The van der Waals surface area contributed by atoms with Gasteiger partial charge in [0.2, 0.25) is 0 Å². The third-order valence-electron chi connectivity index (χ3n) is 3.33. The number of amides is 2. The quantitative estimate of drug-likeness (QED) is 0.733. The number of halogens is 1. The number of urea groups is 1. The third kappa shape index (κ3) is 5.75. The zero-order valence-corrected chi connectivity index (χ0v) is 15.2. The number of benzene rings is 1. The summed E-state index contributed by atoms with van der Waals surface area (Å²) in [4.78, 5) is 11.7. The first-order valence-electron chi connectivity index (χ1n) is 7.46. The Balaban J connectivity index is 2.53. The highest BCUT2D eigenvalue weighted by Crippen LogP contribution is 2.33. The van der Waals surface area contributed by atoms with Gasteiger partial charge in [-0.3, -0.25) is 0 Å². The molecule has 124 valence electrons. The van der Waals surface area contributed by atoms with Crippen LogP contribution in [0.15, 0.2) is 16.6 Å². The predicted octanol–water partition coefficient (Wildman–Crippen LogP) is 3.50. The fourth-order valence-corrected chi connectivity index (χ4v) is 2.70. The number of ether oxygens (including phenoxy) is 2. The number of carbonyl (C=O) groups is 1. The first-order valence-corrected chi connectivity index (χ1v) is 8.25. The van der Waals surface area contributed by atoms with E-state index in [0.29, 0.717) is 24.5 Å². The molecule has 0 aliphatic carbocycles. The predicted molar refractivity (Wildman–Crippen MR) is 91.9 cm³/mol. The van der Waals surface area contributed by atoms with Crippen LogP contribution in [0.4, 0.5) is 4.79 Å². The van der Waals surface area contributed by atoms with E-state index in [2.05, 4.69) is 33.5 Å². The van der Waals surface area contributed by atoms with Gasteiger partial charge in [-0.15, -0.1) is 0 Å². The third-order valence-corrected chi connectivity index (χ3v) is 4.07. The molecule has 0 aromatic heterocycles. The molecule has 1 aromatic rings. The van der Waals surface area contributed by atoms with Gasteiger partial charge in [0.1, 0.15) is 0 Å². The maximum atomic E-state index is 11.7. The Hall–Kier alpha value is -1.43. The van der Waals surface area contributed by atoms with Crippen LogP contribution in [-0.2, 0) is 6.42 Å². The lowest BCUT2D eigenvalue weighted by Crippen LogP contribution is -2.41. The largest absolute Gasteiger partial charge is 0.493 e. The van der Waals surface area contributed by atoms with Gasteiger partial charge in [0, 0.05) is 17.1 Å². The molecule has 0 bridgehead atoms. The van der Waals surface area contributed by atoms with Gasteiger partial charge in [-0.25, -0.2) is 4.79 Å². The number of carbonyl (C=O) groups excluding carboxylic acids is 1. The molecule has 0 heterocycles. The van der Waals surface area contributed by atoms with E-state index in [1.165, 1.54) is 0 Å². The van der Waals surface area contributed by atoms with Crippen LogP contribution in [-0.4, -0.2) is 32.8 Å². The molecule has 0 spiro atoms. The van der Waals surface area contributed by atoms with E-state index in [9.17, 15) is 4.79 Å². The van der Waals surface area contributed by atoms with Crippen LogP contribution in [0.1, 0.15) is 32.3 Å². The number of rotatable bonds is 8. The minimum absolute atomic E-state index is 0.127. The van der Waals surface area contributed by atoms with E-state index in [0.717, 1.165) is 22.9 Å². The van der Waals surface area contributed by atoms with E-state index in [4.69, 9.17) is 9.47 Å². The molecule has 2 N–H and O–H groups in total. The lowest BCUT2D eigenvalue weighted by molar-refractivity contribution is 0.237. The van der Waals surface area contributed by atoms with Crippen molar-refractivity contribution >= 4 is 22.0 Å². The average molecular weight is 373 g/mol. The number of methoxy groups -OCH3 is 2. The molecule has 5 nitrogen and oxygen atoms in total. The summed E-state index contributed by atoms with van der Waals surface area (Å²) in [7, 11) is 3.21. The standard InChI is InChI=1S/C16H25BrN2O3/c1-5-6-11(2)19-16(20)18-8-7-12-9-14(21-3)15(22-4)10-13(12)17/h9-11H,5-8H2,1-4H3,(H2,18,19,20). The summed E-state index contributed by atoms with van der Waals surface area (Å²) >= 11 is 3.52. The molecule has 22 heavy (non-hydrogen) atoms. The average Bonchev–Trinajstić information content (AvgIpc) is 2.48. The zero-order valence-electron chi connectivity index (χ0n) is 13.7. The summed E-state index contributed by atoms with van der Waals surface area (Å²) < 4.78 is 11.5. The van der Waals surface area contributed by atoms with Crippen LogP contribution in [0, 0.1) is 0 Å². The molecule has 0 fully saturated rings. The summed E-state index contributed by atoms with van der Waals surface area (Å²) in [6.07, 6.45) is 2.74.